The summed E-state index contributed by atoms with van der Waals surface area (Å²) in [4.78, 5) is 0. The smallest absolute Gasteiger partial charge is 0.0468 e. The highest BCUT2D eigenvalue weighted by Crippen LogP contribution is 1.90. The molecule has 0 bridgehead atoms. The molecule has 0 aliphatic carbocycles. The molecule has 0 saturated carbocycles. The van der Waals surface area contributed by atoms with E-state index in [2.05, 4.69) is 26.2 Å². The van der Waals surface area contributed by atoms with Gasteiger partial charge in [0, 0.05) is 8.07 Å². The third-order valence-electron chi connectivity index (χ3n) is 0. The van der Waals surface area contributed by atoms with Crippen LogP contribution in [0.2, 0.25) is 13.1 Å². The molecule has 0 nitrogen and oxygen atoms in total. The molecule has 0 aromatic rings. The normalized spacial score (nSPS) is 12.0. The van der Waals surface area contributed by atoms with Crippen LogP contribution in [0, 0.1) is 13.1 Å². The van der Waals surface area contributed by atoms with Gasteiger partial charge in [-0.05, 0) is 0 Å². The van der Waals surface area contributed by atoms with Crippen LogP contribution in [0.5, 0.6) is 0 Å². The number of hydrogen-bond donors (Lipinski definition) is 0. The zero-order chi connectivity index (χ0) is 4.50. The predicted octanol–water partition coefficient (Wildman–Crippen LogP) is 1.44. The average molecular weight is 86.2 g/mol. The topological polar surface area (TPSA) is 0 Å². The Bertz CT molecular complexity index is 19.1. The van der Waals surface area contributed by atoms with E-state index in [9.17, 15) is 0 Å². The van der Waals surface area contributed by atoms with Crippen LogP contribution in [0.25, 0.3) is 0 Å². The quantitative estimate of drug-likeness (QED) is 0.391. The van der Waals surface area contributed by atoms with Gasteiger partial charge < -0.3 is 0 Å². The molecule has 0 atom stereocenters. The first-order valence-corrected chi connectivity index (χ1v) is 5.12. The van der Waals surface area contributed by atoms with E-state index >= 15 is 0 Å². The number of rotatable bonds is 0. The molecular weight excluding hydrogens is 76.1 g/mol. The molecule has 0 aliphatic heterocycles. The molecule has 0 fully saturated rings. The highest BCUT2D eigenvalue weighted by atomic mass is 28.3. The van der Waals surface area contributed by atoms with Gasteiger partial charge in [-0.15, -0.1) is 0 Å². The van der Waals surface area contributed by atoms with Gasteiger partial charge in [0.2, 0.25) is 0 Å². The molecule has 0 N–H and O–H groups in total. The largest absolute Gasteiger partial charge is 0.0694 e. The van der Waals surface area contributed by atoms with Gasteiger partial charge in [0.25, 0.3) is 0 Å². The fourth-order valence-electron chi connectivity index (χ4n) is 0. The van der Waals surface area contributed by atoms with Gasteiger partial charge in [0.05, 0.1) is 0 Å². The second-order valence-corrected chi connectivity index (χ2v) is 6.49. The van der Waals surface area contributed by atoms with Gasteiger partial charge in [-0.3, -0.25) is 0 Å². The van der Waals surface area contributed by atoms with Gasteiger partial charge in [-0.2, -0.15) is 0 Å². The molecule has 5 heavy (non-hydrogen) atoms. The van der Waals surface area contributed by atoms with Crippen LogP contribution < -0.4 is 0 Å². The first-order chi connectivity index (χ1) is 2.00. The van der Waals surface area contributed by atoms with Crippen molar-refractivity contribution in [1.29, 1.82) is 0 Å². The van der Waals surface area contributed by atoms with Crippen molar-refractivity contribution in [1.82, 2.24) is 0 Å². The van der Waals surface area contributed by atoms with Crippen LogP contribution in [-0.2, 0) is 0 Å². The SMILES string of the molecule is [CH2][Si]([CH2])(C)C. The third kappa shape index (κ3) is 441. The summed E-state index contributed by atoms with van der Waals surface area (Å²) in [6, 6.07) is 0. The summed E-state index contributed by atoms with van der Waals surface area (Å²) < 4.78 is 0. The van der Waals surface area contributed by atoms with Crippen LogP contribution in [0.4, 0.5) is 0 Å². The Morgan fingerprint density at radius 3 is 1.20 bits per heavy atom. The Morgan fingerprint density at radius 2 is 1.20 bits per heavy atom. The van der Waals surface area contributed by atoms with Crippen LogP contribution in [0.3, 0.4) is 0 Å². The lowest BCUT2D eigenvalue weighted by atomic mass is 11.8. The van der Waals surface area contributed by atoms with Gasteiger partial charge in [-0.1, -0.05) is 26.2 Å². The van der Waals surface area contributed by atoms with Crippen LogP contribution >= 0.6 is 0 Å². The molecule has 0 rings (SSSR count). The predicted molar refractivity (Wildman–Crippen MR) is 28.2 cm³/mol. The molecule has 30 valence electrons. The lowest BCUT2D eigenvalue weighted by Gasteiger charge is -2.01. The summed E-state index contributed by atoms with van der Waals surface area (Å²) in [6.45, 7) is 11.8. The Kier molecular flexibility index (Phi) is 1.18. The van der Waals surface area contributed by atoms with Gasteiger partial charge in [-0.25, -0.2) is 0 Å². The first kappa shape index (κ1) is 5.22. The van der Waals surface area contributed by atoms with E-state index < -0.39 is 8.07 Å². The molecule has 0 amide bonds. The van der Waals surface area contributed by atoms with E-state index in [-0.39, 0.29) is 0 Å². The summed E-state index contributed by atoms with van der Waals surface area (Å²) in [5.74, 6) is 0. The van der Waals surface area contributed by atoms with Gasteiger partial charge >= 0.3 is 0 Å². The molecule has 0 aromatic carbocycles. The second-order valence-electron chi connectivity index (χ2n) is 2.16. The zero-order valence-corrected chi connectivity index (χ0v) is 4.91. The standard InChI is InChI=1S/C4H10Si/c1-5(2,3)4/h1-2H2,3-4H3. The molecule has 0 aromatic heterocycles. The lowest BCUT2D eigenvalue weighted by Crippen LogP contribution is -2.13. The molecule has 0 saturated heterocycles. The maximum Gasteiger partial charge on any atom is 0.0468 e. The molecule has 2 radical (unpaired) electrons. The van der Waals surface area contributed by atoms with Crippen molar-refractivity contribution in [3.05, 3.63) is 13.1 Å². The summed E-state index contributed by atoms with van der Waals surface area (Å²) >= 11 is 0. The van der Waals surface area contributed by atoms with Gasteiger partial charge in [0.15, 0.2) is 0 Å². The fourth-order valence-corrected chi connectivity index (χ4v) is 0. The van der Waals surface area contributed by atoms with E-state index in [4.69, 9.17) is 0 Å². The molecule has 0 unspecified atom stereocenters. The Morgan fingerprint density at radius 1 is 1.20 bits per heavy atom. The minimum absolute atomic E-state index is 1.11. The molecule has 0 heterocycles. The van der Waals surface area contributed by atoms with Crippen molar-refractivity contribution in [2.24, 2.45) is 0 Å². The Labute approximate surface area is 35.2 Å². The van der Waals surface area contributed by atoms with Crippen LogP contribution in [-0.4, -0.2) is 8.07 Å². The lowest BCUT2D eigenvalue weighted by molar-refractivity contribution is 1.87. The maximum atomic E-state index is 3.80. The van der Waals surface area contributed by atoms with Crippen molar-refractivity contribution in [3.63, 3.8) is 0 Å². The highest BCUT2D eigenvalue weighted by molar-refractivity contribution is 6.80. The van der Waals surface area contributed by atoms with E-state index in [0.29, 0.717) is 0 Å². The van der Waals surface area contributed by atoms with Crippen LogP contribution in [0.1, 0.15) is 0 Å². The summed E-state index contributed by atoms with van der Waals surface area (Å²) in [6.07, 6.45) is 0. The average Bonchev–Trinajstić information content (AvgIpc) is 0.722. The molecule has 0 aliphatic rings. The Balaban J connectivity index is 3.02. The van der Waals surface area contributed by atoms with Crippen molar-refractivity contribution >= 4 is 8.07 Å². The number of hydrogen-bond acceptors (Lipinski definition) is 0. The van der Waals surface area contributed by atoms with Gasteiger partial charge in [0.1, 0.15) is 0 Å². The van der Waals surface area contributed by atoms with E-state index in [1.165, 1.54) is 0 Å². The Hall–Kier alpha value is 0.217. The maximum absolute atomic E-state index is 3.80. The molecular formula is C4H10Si. The fraction of sp³-hybridized carbons (Fsp3) is 0.500. The summed E-state index contributed by atoms with van der Waals surface area (Å²) in [7, 11) is -1.11. The summed E-state index contributed by atoms with van der Waals surface area (Å²) in [5, 5.41) is 0. The van der Waals surface area contributed by atoms with Crippen molar-refractivity contribution in [2.75, 3.05) is 0 Å². The highest BCUT2D eigenvalue weighted by Gasteiger charge is 1.99. The van der Waals surface area contributed by atoms with E-state index in [1.807, 2.05) is 0 Å². The van der Waals surface area contributed by atoms with Crippen molar-refractivity contribution in [2.45, 2.75) is 13.1 Å². The first-order valence-electron chi connectivity index (χ1n) is 1.71. The minimum atomic E-state index is -1.11. The second kappa shape index (κ2) is 1.13. The zero-order valence-electron chi connectivity index (χ0n) is 3.91. The van der Waals surface area contributed by atoms with Crippen molar-refractivity contribution in [3.8, 4) is 0 Å². The minimum Gasteiger partial charge on any atom is -0.0694 e. The van der Waals surface area contributed by atoms with Crippen LogP contribution in [0.15, 0.2) is 0 Å². The van der Waals surface area contributed by atoms with E-state index in [1.54, 1.807) is 0 Å². The summed E-state index contributed by atoms with van der Waals surface area (Å²) in [5.41, 5.74) is 0. The van der Waals surface area contributed by atoms with Crippen molar-refractivity contribution < 1.29 is 0 Å². The molecule has 1 heteroatoms. The molecule has 0 spiro atoms. The van der Waals surface area contributed by atoms with E-state index in [0.717, 1.165) is 0 Å². The monoisotopic (exact) mass is 86.1 g/mol. The third-order valence-corrected chi connectivity index (χ3v) is 0.